The Morgan fingerprint density at radius 3 is 2.24 bits per heavy atom. The van der Waals surface area contributed by atoms with E-state index >= 15 is 0 Å². The Morgan fingerprint density at radius 2 is 1.81 bits per heavy atom. The molecule has 0 aromatic heterocycles. The van der Waals surface area contributed by atoms with E-state index in [1.54, 1.807) is 4.90 Å². The number of hydrogen-bond acceptors (Lipinski definition) is 3. The van der Waals surface area contributed by atoms with E-state index in [0.29, 0.717) is 19.1 Å². The summed E-state index contributed by atoms with van der Waals surface area (Å²) in [7, 11) is 0. The zero-order valence-electron chi connectivity index (χ0n) is 15.4. The fourth-order valence-corrected chi connectivity index (χ4v) is 1.88. The third-order valence-electron chi connectivity index (χ3n) is 2.50. The quantitative estimate of drug-likeness (QED) is 0.777. The molecule has 1 N–H and O–H groups in total. The molecule has 1 unspecified atom stereocenters. The maximum absolute atomic E-state index is 11.9. The van der Waals surface area contributed by atoms with Crippen LogP contribution in [-0.2, 0) is 4.74 Å². The smallest absolute Gasteiger partial charge is 0.410 e. The number of hydrogen-bond donors (Lipinski definition) is 1. The van der Waals surface area contributed by atoms with Gasteiger partial charge in [0.2, 0.25) is 0 Å². The van der Waals surface area contributed by atoms with Crippen molar-refractivity contribution in [3.05, 3.63) is 12.2 Å². The predicted molar refractivity (Wildman–Crippen MR) is 91.7 cm³/mol. The third-order valence-corrected chi connectivity index (χ3v) is 2.50. The fraction of sp³-hybridized carbons (Fsp3) is 0.824. The normalized spacial score (nSPS) is 17.7. The fourth-order valence-electron chi connectivity index (χ4n) is 1.88. The van der Waals surface area contributed by atoms with Crippen molar-refractivity contribution in [1.29, 1.82) is 0 Å². The molecule has 0 radical (unpaired) electrons. The van der Waals surface area contributed by atoms with Gasteiger partial charge in [-0.1, -0.05) is 33.3 Å². The second-order valence-electron chi connectivity index (χ2n) is 5.74. The van der Waals surface area contributed by atoms with E-state index in [1.807, 2.05) is 55.4 Å². The second-order valence-corrected chi connectivity index (χ2v) is 5.74. The van der Waals surface area contributed by atoms with E-state index in [4.69, 9.17) is 4.74 Å². The molecule has 0 spiro atoms. The Labute approximate surface area is 131 Å². The molecule has 126 valence electrons. The molecular formula is C17H36N2O2. The van der Waals surface area contributed by atoms with Gasteiger partial charge < -0.3 is 15.0 Å². The molecular weight excluding hydrogens is 264 g/mol. The molecule has 0 bridgehead atoms. The number of piperazine rings is 1. The van der Waals surface area contributed by atoms with Crippen LogP contribution in [0.5, 0.6) is 0 Å². The molecule has 0 saturated carbocycles. The van der Waals surface area contributed by atoms with Crippen LogP contribution < -0.4 is 5.32 Å². The van der Waals surface area contributed by atoms with Crippen molar-refractivity contribution in [3.8, 4) is 0 Å². The third kappa shape index (κ3) is 11.3. The molecule has 0 aromatic carbocycles. The summed E-state index contributed by atoms with van der Waals surface area (Å²) in [5.74, 6) is 0. The van der Waals surface area contributed by atoms with Crippen LogP contribution in [0.4, 0.5) is 4.79 Å². The summed E-state index contributed by atoms with van der Waals surface area (Å²) in [5, 5.41) is 3.39. The van der Waals surface area contributed by atoms with Crippen molar-refractivity contribution in [2.75, 3.05) is 19.6 Å². The number of nitrogens with zero attached hydrogens (tertiary/aromatic N) is 1. The van der Waals surface area contributed by atoms with E-state index in [-0.39, 0.29) is 6.09 Å². The first-order valence-corrected chi connectivity index (χ1v) is 8.13. The van der Waals surface area contributed by atoms with Gasteiger partial charge in [0.15, 0.2) is 0 Å². The van der Waals surface area contributed by atoms with Crippen molar-refractivity contribution in [2.45, 2.75) is 73.5 Å². The van der Waals surface area contributed by atoms with Gasteiger partial charge in [-0.2, -0.15) is 0 Å². The van der Waals surface area contributed by atoms with Gasteiger partial charge in [-0.25, -0.2) is 4.79 Å². The number of nitrogens with one attached hydrogen (secondary N) is 1. The first-order chi connectivity index (χ1) is 9.78. The summed E-state index contributed by atoms with van der Waals surface area (Å²) >= 11 is 0. The summed E-state index contributed by atoms with van der Waals surface area (Å²) in [4.78, 5) is 13.7. The van der Waals surface area contributed by atoms with Crippen LogP contribution in [0.15, 0.2) is 12.2 Å². The minimum Gasteiger partial charge on any atom is -0.444 e. The molecule has 1 aliphatic rings. The second kappa shape index (κ2) is 11.6. The number of ether oxygens (including phenoxy) is 1. The summed E-state index contributed by atoms with van der Waals surface area (Å²) in [5.41, 5.74) is 0.708. The zero-order valence-corrected chi connectivity index (χ0v) is 15.4. The van der Waals surface area contributed by atoms with Crippen LogP contribution >= 0.6 is 0 Å². The maximum atomic E-state index is 11.9. The van der Waals surface area contributed by atoms with E-state index in [1.165, 1.54) is 0 Å². The SMILES string of the molecule is C=C(C)CC1CN(C(=O)OC(C)(C)C)CCN1.CC.CC. The highest BCUT2D eigenvalue weighted by Crippen LogP contribution is 2.13. The first kappa shape index (κ1) is 22.3. The minimum absolute atomic E-state index is 0.217. The first-order valence-electron chi connectivity index (χ1n) is 8.13. The van der Waals surface area contributed by atoms with E-state index < -0.39 is 5.60 Å². The highest BCUT2D eigenvalue weighted by molar-refractivity contribution is 5.68. The van der Waals surface area contributed by atoms with Crippen molar-refractivity contribution in [1.82, 2.24) is 10.2 Å². The Morgan fingerprint density at radius 1 is 1.29 bits per heavy atom. The molecule has 1 atom stereocenters. The standard InChI is InChI=1S/C13H24N2O2.2C2H6/c1-10(2)8-11-9-15(7-6-14-11)12(16)17-13(3,4)5;2*1-2/h11,14H,1,6-9H2,2-5H3;2*1-2H3. The van der Waals surface area contributed by atoms with Gasteiger partial charge >= 0.3 is 6.09 Å². The molecule has 21 heavy (non-hydrogen) atoms. The summed E-state index contributed by atoms with van der Waals surface area (Å²) < 4.78 is 5.37. The monoisotopic (exact) mass is 300 g/mol. The molecule has 4 nitrogen and oxygen atoms in total. The molecule has 1 heterocycles. The molecule has 1 rings (SSSR count). The number of rotatable bonds is 2. The van der Waals surface area contributed by atoms with Crippen LogP contribution in [0.2, 0.25) is 0 Å². The average Bonchev–Trinajstić information content (AvgIpc) is 2.41. The van der Waals surface area contributed by atoms with Gasteiger partial charge in [0.1, 0.15) is 5.60 Å². The van der Waals surface area contributed by atoms with Gasteiger partial charge in [-0.15, -0.1) is 6.58 Å². The maximum Gasteiger partial charge on any atom is 0.410 e. The highest BCUT2D eigenvalue weighted by Gasteiger charge is 2.27. The lowest BCUT2D eigenvalue weighted by Gasteiger charge is -2.35. The van der Waals surface area contributed by atoms with Gasteiger partial charge in [0.25, 0.3) is 0 Å². The largest absolute Gasteiger partial charge is 0.444 e. The summed E-state index contributed by atoms with van der Waals surface area (Å²) in [6.07, 6.45) is 0.685. The zero-order chi connectivity index (χ0) is 17.1. The van der Waals surface area contributed by atoms with E-state index in [2.05, 4.69) is 11.9 Å². The van der Waals surface area contributed by atoms with Gasteiger partial charge in [0, 0.05) is 25.7 Å². The van der Waals surface area contributed by atoms with Crippen LogP contribution in [-0.4, -0.2) is 42.3 Å². The predicted octanol–water partition coefficient (Wildman–Crippen LogP) is 4.21. The summed E-state index contributed by atoms with van der Waals surface area (Å²) in [6.45, 7) is 21.8. The van der Waals surface area contributed by atoms with Gasteiger partial charge in [-0.3, -0.25) is 0 Å². The van der Waals surface area contributed by atoms with Gasteiger partial charge in [-0.05, 0) is 34.1 Å². The average molecular weight is 300 g/mol. The molecule has 1 amide bonds. The van der Waals surface area contributed by atoms with E-state index in [0.717, 1.165) is 18.5 Å². The summed E-state index contributed by atoms with van der Waals surface area (Å²) in [6, 6.07) is 0.300. The molecule has 1 fully saturated rings. The van der Waals surface area contributed by atoms with E-state index in [9.17, 15) is 4.79 Å². The van der Waals surface area contributed by atoms with Crippen molar-refractivity contribution >= 4 is 6.09 Å². The van der Waals surface area contributed by atoms with Crippen LogP contribution in [0, 0.1) is 0 Å². The molecule has 1 saturated heterocycles. The molecule has 0 aliphatic carbocycles. The van der Waals surface area contributed by atoms with Crippen LogP contribution in [0.3, 0.4) is 0 Å². The minimum atomic E-state index is -0.425. The topological polar surface area (TPSA) is 41.6 Å². The van der Waals surface area contributed by atoms with Gasteiger partial charge in [0.05, 0.1) is 0 Å². The Kier molecular flexibility index (Phi) is 12.3. The number of carbonyl (C=O) groups is 1. The van der Waals surface area contributed by atoms with Crippen molar-refractivity contribution in [2.24, 2.45) is 0 Å². The lowest BCUT2D eigenvalue weighted by Crippen LogP contribution is -2.53. The lowest BCUT2D eigenvalue weighted by molar-refractivity contribution is 0.0195. The molecule has 1 aliphatic heterocycles. The number of carbonyl (C=O) groups excluding carboxylic acids is 1. The van der Waals surface area contributed by atoms with Crippen LogP contribution in [0.1, 0.15) is 61.8 Å². The lowest BCUT2D eigenvalue weighted by atomic mass is 10.1. The highest BCUT2D eigenvalue weighted by atomic mass is 16.6. The Bertz CT molecular complexity index is 296. The van der Waals surface area contributed by atoms with Crippen molar-refractivity contribution < 1.29 is 9.53 Å². The van der Waals surface area contributed by atoms with Crippen LogP contribution in [0.25, 0.3) is 0 Å². The molecule has 4 heteroatoms. The molecule has 0 aromatic rings. The Balaban J connectivity index is 0. The Hall–Kier alpha value is -1.03. The number of amides is 1. The van der Waals surface area contributed by atoms with Crippen molar-refractivity contribution in [3.63, 3.8) is 0 Å².